The Morgan fingerprint density at radius 2 is 1.67 bits per heavy atom. The zero-order valence-electron chi connectivity index (χ0n) is 16.6. The molecule has 0 bridgehead atoms. The number of carbonyl (C=O) groups is 1. The van der Waals surface area contributed by atoms with Gasteiger partial charge in [-0.15, -0.1) is 0 Å². The summed E-state index contributed by atoms with van der Waals surface area (Å²) in [5, 5.41) is 6.00. The summed E-state index contributed by atoms with van der Waals surface area (Å²) in [5.41, 5.74) is 2.70. The number of benzene rings is 2. The van der Waals surface area contributed by atoms with Gasteiger partial charge in [0.25, 0.3) is 5.91 Å². The first-order valence-corrected chi connectivity index (χ1v) is 9.69. The third-order valence-electron chi connectivity index (χ3n) is 4.68. The average Bonchev–Trinajstić information content (AvgIpc) is 2.76. The summed E-state index contributed by atoms with van der Waals surface area (Å²) in [5.74, 6) is 0.709. The van der Waals surface area contributed by atoms with Gasteiger partial charge >= 0.3 is 0 Å². The van der Waals surface area contributed by atoms with Crippen LogP contribution in [0.25, 0.3) is 0 Å². The Hall–Kier alpha value is -3.52. The number of halogens is 1. The van der Waals surface area contributed by atoms with Gasteiger partial charge in [0.15, 0.2) is 0 Å². The lowest BCUT2D eigenvalue weighted by molar-refractivity contribution is 0.102. The van der Waals surface area contributed by atoms with Gasteiger partial charge in [-0.1, -0.05) is 0 Å². The molecule has 0 atom stereocenters. The van der Waals surface area contributed by atoms with Crippen LogP contribution in [0.2, 0.25) is 0 Å². The number of morpholine rings is 1. The lowest BCUT2D eigenvalue weighted by Gasteiger charge is -2.28. The minimum absolute atomic E-state index is 0.298. The molecule has 1 aliphatic rings. The highest BCUT2D eigenvalue weighted by Gasteiger charge is 2.14. The van der Waals surface area contributed by atoms with Crippen molar-refractivity contribution in [2.75, 3.05) is 41.8 Å². The van der Waals surface area contributed by atoms with Crippen molar-refractivity contribution in [1.29, 1.82) is 0 Å². The molecule has 154 valence electrons. The molecule has 0 saturated carbocycles. The van der Waals surface area contributed by atoms with E-state index in [2.05, 4.69) is 25.5 Å². The monoisotopic (exact) mass is 407 g/mol. The predicted octanol–water partition coefficient (Wildman–Crippen LogP) is 3.76. The van der Waals surface area contributed by atoms with Crippen LogP contribution in [0.4, 0.5) is 27.5 Å². The molecule has 8 heteroatoms. The van der Waals surface area contributed by atoms with Crippen LogP contribution >= 0.6 is 0 Å². The number of carbonyl (C=O) groups excluding carboxylic acids is 1. The number of nitrogens with one attached hydrogen (secondary N) is 2. The van der Waals surface area contributed by atoms with Crippen LogP contribution in [0.5, 0.6) is 0 Å². The maximum absolute atomic E-state index is 13.0. The topological polar surface area (TPSA) is 79.4 Å². The largest absolute Gasteiger partial charge is 0.378 e. The third-order valence-corrected chi connectivity index (χ3v) is 4.68. The molecular weight excluding hydrogens is 385 g/mol. The molecule has 1 amide bonds. The standard InChI is InChI=1S/C22H22FN5O2/c1-15-14-20(28-10-12-30-13-11-28)27-22(24-15)26-19-8-6-18(7-9-19)25-21(29)16-2-4-17(23)5-3-16/h2-9,14H,10-13H2,1H3,(H,25,29)(H,24,26,27). The van der Waals surface area contributed by atoms with Gasteiger partial charge in [-0.25, -0.2) is 9.37 Å². The van der Waals surface area contributed by atoms with Gasteiger partial charge in [0.2, 0.25) is 5.95 Å². The molecule has 7 nitrogen and oxygen atoms in total. The molecule has 1 fully saturated rings. The number of nitrogens with zero attached hydrogens (tertiary/aromatic N) is 3. The number of anilines is 4. The highest BCUT2D eigenvalue weighted by atomic mass is 19.1. The SMILES string of the molecule is Cc1cc(N2CCOCC2)nc(Nc2ccc(NC(=O)c3ccc(F)cc3)cc2)n1. The first kappa shape index (κ1) is 19.8. The van der Waals surface area contributed by atoms with Crippen molar-refractivity contribution in [3.63, 3.8) is 0 Å². The zero-order valence-corrected chi connectivity index (χ0v) is 16.6. The summed E-state index contributed by atoms with van der Waals surface area (Å²) >= 11 is 0. The number of amides is 1. The first-order valence-electron chi connectivity index (χ1n) is 9.69. The molecule has 1 aliphatic heterocycles. The maximum atomic E-state index is 13.0. The predicted molar refractivity (Wildman–Crippen MR) is 114 cm³/mol. The Morgan fingerprint density at radius 3 is 2.37 bits per heavy atom. The van der Waals surface area contributed by atoms with E-state index in [1.807, 2.05) is 25.1 Å². The smallest absolute Gasteiger partial charge is 0.255 e. The van der Waals surface area contributed by atoms with Gasteiger partial charge in [-0.3, -0.25) is 4.79 Å². The van der Waals surface area contributed by atoms with Crippen LogP contribution in [-0.4, -0.2) is 42.2 Å². The molecule has 2 heterocycles. The second-order valence-electron chi connectivity index (χ2n) is 6.95. The summed E-state index contributed by atoms with van der Waals surface area (Å²) < 4.78 is 18.4. The summed E-state index contributed by atoms with van der Waals surface area (Å²) in [4.78, 5) is 23.5. The maximum Gasteiger partial charge on any atom is 0.255 e. The Kier molecular flexibility index (Phi) is 5.85. The molecule has 0 unspecified atom stereocenters. The van der Waals surface area contributed by atoms with Crippen molar-refractivity contribution in [2.45, 2.75) is 6.92 Å². The molecule has 0 spiro atoms. The van der Waals surface area contributed by atoms with E-state index >= 15 is 0 Å². The van der Waals surface area contributed by atoms with E-state index < -0.39 is 0 Å². The molecular formula is C22H22FN5O2. The van der Waals surface area contributed by atoms with E-state index in [0.717, 1.165) is 30.3 Å². The van der Waals surface area contributed by atoms with E-state index in [1.165, 1.54) is 24.3 Å². The number of aromatic nitrogens is 2. The summed E-state index contributed by atoms with van der Waals surface area (Å²) in [6.07, 6.45) is 0. The lowest BCUT2D eigenvalue weighted by Crippen LogP contribution is -2.36. The van der Waals surface area contributed by atoms with Crippen LogP contribution in [-0.2, 0) is 4.74 Å². The van der Waals surface area contributed by atoms with E-state index in [0.29, 0.717) is 30.4 Å². The van der Waals surface area contributed by atoms with Gasteiger partial charge in [0.1, 0.15) is 11.6 Å². The Labute approximate surface area is 173 Å². The van der Waals surface area contributed by atoms with Gasteiger partial charge in [0.05, 0.1) is 13.2 Å². The van der Waals surface area contributed by atoms with Crippen molar-refractivity contribution in [3.8, 4) is 0 Å². The van der Waals surface area contributed by atoms with Crippen LogP contribution in [0.15, 0.2) is 54.6 Å². The number of aryl methyl sites for hydroxylation is 1. The molecule has 30 heavy (non-hydrogen) atoms. The normalized spacial score (nSPS) is 13.7. The van der Waals surface area contributed by atoms with Gasteiger partial charge in [0, 0.05) is 41.8 Å². The minimum Gasteiger partial charge on any atom is -0.378 e. The van der Waals surface area contributed by atoms with Crippen LogP contribution < -0.4 is 15.5 Å². The van der Waals surface area contributed by atoms with E-state index in [4.69, 9.17) is 4.74 Å². The Balaban J connectivity index is 1.42. The third kappa shape index (κ3) is 4.90. The molecule has 0 aliphatic carbocycles. The fraction of sp³-hybridized carbons (Fsp3) is 0.227. The minimum atomic E-state index is -0.378. The molecule has 1 aromatic heterocycles. The summed E-state index contributed by atoms with van der Waals surface area (Å²) in [6, 6.07) is 14.6. The lowest BCUT2D eigenvalue weighted by atomic mass is 10.2. The Bertz CT molecular complexity index is 1020. The van der Waals surface area contributed by atoms with Gasteiger partial charge in [-0.05, 0) is 55.5 Å². The van der Waals surface area contributed by atoms with E-state index in [1.54, 1.807) is 12.1 Å². The number of hydrogen-bond donors (Lipinski definition) is 2. The molecule has 3 aromatic rings. The zero-order chi connectivity index (χ0) is 20.9. The number of rotatable bonds is 5. The highest BCUT2D eigenvalue weighted by Crippen LogP contribution is 2.21. The highest BCUT2D eigenvalue weighted by molar-refractivity contribution is 6.04. The second kappa shape index (κ2) is 8.87. The molecule has 1 saturated heterocycles. The second-order valence-corrected chi connectivity index (χ2v) is 6.95. The first-order chi connectivity index (χ1) is 14.6. The van der Waals surface area contributed by atoms with Crippen molar-refractivity contribution in [2.24, 2.45) is 0 Å². The van der Waals surface area contributed by atoms with Crippen molar-refractivity contribution in [1.82, 2.24) is 9.97 Å². The van der Waals surface area contributed by atoms with E-state index in [9.17, 15) is 9.18 Å². The Morgan fingerprint density at radius 1 is 1.00 bits per heavy atom. The summed E-state index contributed by atoms with van der Waals surface area (Å²) in [6.45, 7) is 4.93. The van der Waals surface area contributed by atoms with Crippen molar-refractivity contribution >= 4 is 29.0 Å². The van der Waals surface area contributed by atoms with E-state index in [-0.39, 0.29) is 11.7 Å². The average molecular weight is 407 g/mol. The van der Waals surface area contributed by atoms with Crippen LogP contribution in [0.3, 0.4) is 0 Å². The van der Waals surface area contributed by atoms with Crippen LogP contribution in [0.1, 0.15) is 16.1 Å². The summed E-state index contributed by atoms with van der Waals surface area (Å²) in [7, 11) is 0. The van der Waals surface area contributed by atoms with Crippen molar-refractivity contribution < 1.29 is 13.9 Å². The molecule has 2 N–H and O–H groups in total. The van der Waals surface area contributed by atoms with Gasteiger partial charge < -0.3 is 20.3 Å². The van der Waals surface area contributed by atoms with Gasteiger partial charge in [-0.2, -0.15) is 4.98 Å². The van der Waals surface area contributed by atoms with Crippen molar-refractivity contribution in [3.05, 3.63) is 71.7 Å². The molecule has 4 rings (SSSR count). The fourth-order valence-corrected chi connectivity index (χ4v) is 3.13. The quantitative estimate of drug-likeness (QED) is 0.671. The molecule has 2 aromatic carbocycles. The van der Waals surface area contributed by atoms with Crippen LogP contribution in [0, 0.1) is 12.7 Å². The number of hydrogen-bond acceptors (Lipinski definition) is 6. The molecule has 0 radical (unpaired) electrons. The number of ether oxygens (including phenoxy) is 1. The fourth-order valence-electron chi connectivity index (χ4n) is 3.13.